The topological polar surface area (TPSA) is 70.2 Å². The number of piperidine rings is 1. The van der Waals surface area contributed by atoms with Crippen LogP contribution in [-0.4, -0.2) is 31.4 Å². The van der Waals surface area contributed by atoms with E-state index < -0.39 is 0 Å². The van der Waals surface area contributed by atoms with Gasteiger partial charge in [-0.25, -0.2) is 0 Å². The highest BCUT2D eigenvalue weighted by atomic mass is 79.9. The molecule has 1 heterocycles. The van der Waals surface area contributed by atoms with Crippen molar-refractivity contribution in [2.24, 2.45) is 11.3 Å². The van der Waals surface area contributed by atoms with Crippen molar-refractivity contribution >= 4 is 33.4 Å². The maximum Gasteiger partial charge on any atom is 0.226 e. The summed E-state index contributed by atoms with van der Waals surface area (Å²) < 4.78 is 0.988. The van der Waals surface area contributed by atoms with Gasteiger partial charge >= 0.3 is 0 Å². The summed E-state index contributed by atoms with van der Waals surface area (Å²) >= 11 is 3.41. The Morgan fingerprint density at radius 3 is 2.79 bits per heavy atom. The highest BCUT2D eigenvalue weighted by Gasteiger charge is 2.57. The Labute approximate surface area is 151 Å². The quantitative estimate of drug-likeness (QED) is 0.719. The predicted molar refractivity (Wildman–Crippen MR) is 97.8 cm³/mol. The Kier molecular flexibility index (Phi) is 5.25. The molecule has 24 heavy (non-hydrogen) atoms. The zero-order chi connectivity index (χ0) is 17.2. The second kappa shape index (κ2) is 7.23. The fraction of sp³-hybridized carbons (Fsp3) is 0.556. The lowest BCUT2D eigenvalue weighted by Gasteiger charge is -2.23. The molecule has 2 aliphatic rings. The van der Waals surface area contributed by atoms with Crippen LogP contribution in [0, 0.1) is 18.3 Å². The predicted octanol–water partition coefficient (Wildman–Crippen LogP) is 2.59. The zero-order valence-corrected chi connectivity index (χ0v) is 15.5. The van der Waals surface area contributed by atoms with E-state index in [0.29, 0.717) is 13.0 Å². The summed E-state index contributed by atoms with van der Waals surface area (Å²) in [6.45, 7) is 4.37. The van der Waals surface area contributed by atoms with Crippen LogP contribution in [0.5, 0.6) is 0 Å². The van der Waals surface area contributed by atoms with Gasteiger partial charge in [0.05, 0.1) is 0 Å². The standard InChI is InChI=1S/C18H24BrN3O2/c1-12-10-13(19)2-3-15(12)22-16(23)4-7-21-17(24)14-11-18(14)5-8-20-9-6-18/h2-3,10,14,20H,4-9,11H2,1H3,(H,21,24)(H,22,23). The lowest BCUT2D eigenvalue weighted by Crippen LogP contribution is -2.34. The molecule has 3 rings (SSSR count). The van der Waals surface area contributed by atoms with Crippen molar-refractivity contribution < 1.29 is 9.59 Å². The van der Waals surface area contributed by atoms with Gasteiger partial charge < -0.3 is 16.0 Å². The SMILES string of the molecule is Cc1cc(Br)ccc1NC(=O)CCNC(=O)C1CC12CCNCC2. The third-order valence-corrected chi connectivity index (χ3v) is 5.71. The number of anilines is 1. The third kappa shape index (κ3) is 3.98. The van der Waals surface area contributed by atoms with Gasteiger partial charge in [-0.3, -0.25) is 9.59 Å². The number of carbonyl (C=O) groups is 2. The smallest absolute Gasteiger partial charge is 0.226 e. The number of carbonyl (C=O) groups excluding carboxylic acids is 2. The summed E-state index contributed by atoms with van der Waals surface area (Å²) in [5, 5.41) is 9.16. The van der Waals surface area contributed by atoms with E-state index in [4.69, 9.17) is 0 Å². The Bertz CT molecular complexity index is 641. The number of halogens is 1. The molecule has 2 fully saturated rings. The van der Waals surface area contributed by atoms with Crippen LogP contribution < -0.4 is 16.0 Å². The fourth-order valence-electron chi connectivity index (χ4n) is 3.60. The summed E-state index contributed by atoms with van der Waals surface area (Å²) in [4.78, 5) is 24.3. The summed E-state index contributed by atoms with van der Waals surface area (Å²) in [5.74, 6) is 0.189. The van der Waals surface area contributed by atoms with Gasteiger partial charge in [0.1, 0.15) is 0 Å². The molecule has 2 amide bonds. The number of nitrogens with one attached hydrogen (secondary N) is 3. The monoisotopic (exact) mass is 393 g/mol. The van der Waals surface area contributed by atoms with Crippen LogP contribution in [0.3, 0.4) is 0 Å². The highest BCUT2D eigenvalue weighted by molar-refractivity contribution is 9.10. The summed E-state index contributed by atoms with van der Waals surface area (Å²) in [7, 11) is 0. The van der Waals surface area contributed by atoms with E-state index in [2.05, 4.69) is 31.9 Å². The van der Waals surface area contributed by atoms with Crippen molar-refractivity contribution in [3.05, 3.63) is 28.2 Å². The van der Waals surface area contributed by atoms with Crippen LogP contribution in [0.4, 0.5) is 5.69 Å². The van der Waals surface area contributed by atoms with Crippen molar-refractivity contribution in [1.82, 2.24) is 10.6 Å². The molecule has 1 spiro atoms. The van der Waals surface area contributed by atoms with Crippen LogP contribution in [0.1, 0.15) is 31.2 Å². The molecule has 0 bridgehead atoms. The molecule has 6 heteroatoms. The molecule has 0 radical (unpaired) electrons. The van der Waals surface area contributed by atoms with E-state index in [1.165, 1.54) is 0 Å². The molecule has 1 aliphatic heterocycles. The van der Waals surface area contributed by atoms with Gasteiger partial charge in [-0.1, -0.05) is 15.9 Å². The minimum atomic E-state index is -0.0758. The van der Waals surface area contributed by atoms with Crippen molar-refractivity contribution in [1.29, 1.82) is 0 Å². The van der Waals surface area contributed by atoms with E-state index >= 15 is 0 Å². The maximum absolute atomic E-state index is 12.2. The van der Waals surface area contributed by atoms with E-state index in [-0.39, 0.29) is 23.1 Å². The number of hydrogen-bond donors (Lipinski definition) is 3. The molecule has 1 aliphatic carbocycles. The molecular formula is C18H24BrN3O2. The molecule has 0 aromatic heterocycles. The summed E-state index contributed by atoms with van der Waals surface area (Å²) in [6.07, 6.45) is 3.48. The van der Waals surface area contributed by atoms with Gasteiger partial charge in [-0.15, -0.1) is 0 Å². The van der Waals surface area contributed by atoms with Gasteiger partial charge in [-0.05, 0) is 68.5 Å². The first-order valence-electron chi connectivity index (χ1n) is 8.55. The second-order valence-electron chi connectivity index (χ2n) is 6.92. The van der Waals surface area contributed by atoms with E-state index in [1.807, 2.05) is 25.1 Å². The minimum absolute atomic E-state index is 0.0758. The molecule has 1 unspecified atom stereocenters. The normalized spacial score (nSPS) is 21.3. The first-order chi connectivity index (χ1) is 11.5. The van der Waals surface area contributed by atoms with Crippen LogP contribution in [0.25, 0.3) is 0 Å². The number of amides is 2. The molecule has 5 nitrogen and oxygen atoms in total. The molecule has 1 aromatic rings. The van der Waals surface area contributed by atoms with Crippen LogP contribution in [0.15, 0.2) is 22.7 Å². The first kappa shape index (κ1) is 17.4. The molecule has 1 saturated heterocycles. The van der Waals surface area contributed by atoms with Gasteiger partial charge in [-0.2, -0.15) is 0 Å². The van der Waals surface area contributed by atoms with E-state index in [1.54, 1.807) is 0 Å². The number of hydrogen-bond acceptors (Lipinski definition) is 3. The fourth-order valence-corrected chi connectivity index (χ4v) is 4.07. The number of benzene rings is 1. The summed E-state index contributed by atoms with van der Waals surface area (Å²) in [5.41, 5.74) is 2.06. The number of rotatable bonds is 5. The van der Waals surface area contributed by atoms with E-state index in [9.17, 15) is 9.59 Å². The third-order valence-electron chi connectivity index (χ3n) is 5.22. The van der Waals surface area contributed by atoms with Gasteiger partial charge in [0.25, 0.3) is 0 Å². The molecule has 130 valence electrons. The van der Waals surface area contributed by atoms with Crippen LogP contribution in [0.2, 0.25) is 0 Å². The number of aryl methyl sites for hydroxylation is 1. The Morgan fingerprint density at radius 2 is 2.08 bits per heavy atom. The Hall–Kier alpha value is -1.40. The van der Waals surface area contributed by atoms with Crippen LogP contribution in [-0.2, 0) is 9.59 Å². The second-order valence-corrected chi connectivity index (χ2v) is 7.83. The summed E-state index contributed by atoms with van der Waals surface area (Å²) in [6, 6.07) is 5.74. The lowest BCUT2D eigenvalue weighted by atomic mass is 9.92. The van der Waals surface area contributed by atoms with Gasteiger partial charge in [0, 0.05) is 29.0 Å². The molecule has 3 N–H and O–H groups in total. The first-order valence-corrected chi connectivity index (χ1v) is 9.34. The average molecular weight is 394 g/mol. The lowest BCUT2D eigenvalue weighted by molar-refractivity contribution is -0.123. The largest absolute Gasteiger partial charge is 0.355 e. The van der Waals surface area contributed by atoms with Gasteiger partial charge in [0.15, 0.2) is 0 Å². The highest BCUT2D eigenvalue weighted by Crippen LogP contribution is 2.58. The Morgan fingerprint density at radius 1 is 1.33 bits per heavy atom. The van der Waals surface area contributed by atoms with E-state index in [0.717, 1.165) is 48.1 Å². The average Bonchev–Trinajstić information content (AvgIpc) is 3.24. The van der Waals surface area contributed by atoms with Gasteiger partial charge in [0.2, 0.25) is 11.8 Å². The zero-order valence-electron chi connectivity index (χ0n) is 14.0. The molecule has 1 atom stereocenters. The van der Waals surface area contributed by atoms with Crippen LogP contribution >= 0.6 is 15.9 Å². The van der Waals surface area contributed by atoms with Crippen molar-refractivity contribution in [3.8, 4) is 0 Å². The Balaban J connectivity index is 1.40. The van der Waals surface area contributed by atoms with Crippen molar-refractivity contribution in [2.75, 3.05) is 25.0 Å². The minimum Gasteiger partial charge on any atom is -0.355 e. The molecule has 1 aromatic carbocycles. The van der Waals surface area contributed by atoms with Crippen molar-refractivity contribution in [3.63, 3.8) is 0 Å². The van der Waals surface area contributed by atoms with Crippen molar-refractivity contribution in [2.45, 2.75) is 32.6 Å². The molecular weight excluding hydrogens is 370 g/mol. The maximum atomic E-state index is 12.2. The molecule has 1 saturated carbocycles.